The molecule has 0 spiro atoms. The first-order chi connectivity index (χ1) is 11.3. The molecule has 0 aliphatic carbocycles. The highest BCUT2D eigenvalue weighted by Gasteiger charge is 2.22. The van der Waals surface area contributed by atoms with E-state index in [1.165, 1.54) is 4.57 Å². The number of hydrogen-bond donors (Lipinski definition) is 4. The molecule has 0 atom stereocenters. The molecule has 2 aromatic rings. The Morgan fingerprint density at radius 1 is 1.33 bits per heavy atom. The molecule has 0 bridgehead atoms. The second-order valence-corrected chi connectivity index (χ2v) is 5.11. The number of pyridine rings is 1. The number of carbonyl (C=O) groups is 1. The highest BCUT2D eigenvalue weighted by Crippen LogP contribution is 2.27. The quantitative estimate of drug-likeness (QED) is 0.617. The van der Waals surface area contributed by atoms with Crippen LogP contribution in [-0.2, 0) is 6.54 Å². The standard InChI is InChI=1S/C15H16F2N2O5/c1-2-19-4-9(15(23)24)14(22)8-3-10(16)12(11(17)13(8)19)18-7(5-20)6-21/h3-4,7,18,20-21H,2,5-6H2,1H3,(H,23,24). The lowest BCUT2D eigenvalue weighted by Gasteiger charge is -2.18. The maximum Gasteiger partial charge on any atom is 0.341 e. The summed E-state index contributed by atoms with van der Waals surface area (Å²) in [4.78, 5) is 23.3. The number of hydrogen-bond acceptors (Lipinski definition) is 5. The minimum atomic E-state index is -1.49. The number of carboxylic acid groups (broad SMARTS) is 1. The van der Waals surface area contributed by atoms with Gasteiger partial charge >= 0.3 is 5.97 Å². The third-order valence-electron chi connectivity index (χ3n) is 3.61. The van der Waals surface area contributed by atoms with Crippen molar-refractivity contribution in [1.82, 2.24) is 4.57 Å². The fourth-order valence-electron chi connectivity index (χ4n) is 2.37. The van der Waals surface area contributed by atoms with E-state index < -0.39 is 58.9 Å². The van der Waals surface area contributed by atoms with Crippen LogP contribution >= 0.6 is 0 Å². The van der Waals surface area contributed by atoms with Crippen molar-refractivity contribution >= 4 is 22.6 Å². The molecule has 0 amide bonds. The summed E-state index contributed by atoms with van der Waals surface area (Å²) in [6.45, 7) is 0.621. The van der Waals surface area contributed by atoms with Crippen molar-refractivity contribution in [3.8, 4) is 0 Å². The largest absolute Gasteiger partial charge is 0.477 e. The number of aliphatic hydroxyl groups is 2. The maximum absolute atomic E-state index is 14.8. The average molecular weight is 342 g/mol. The fourth-order valence-corrected chi connectivity index (χ4v) is 2.37. The summed E-state index contributed by atoms with van der Waals surface area (Å²) in [5.41, 5.74) is -2.45. The summed E-state index contributed by atoms with van der Waals surface area (Å²) in [6.07, 6.45) is 0.993. The van der Waals surface area contributed by atoms with E-state index >= 15 is 0 Å². The van der Waals surface area contributed by atoms with Crippen molar-refractivity contribution < 1.29 is 28.9 Å². The summed E-state index contributed by atoms with van der Waals surface area (Å²) in [5, 5.41) is 29.1. The Labute approximate surface area is 134 Å². The third-order valence-corrected chi connectivity index (χ3v) is 3.61. The number of anilines is 1. The van der Waals surface area contributed by atoms with Gasteiger partial charge in [0, 0.05) is 12.7 Å². The highest BCUT2D eigenvalue weighted by molar-refractivity contribution is 5.93. The Kier molecular flexibility index (Phi) is 5.15. The number of fused-ring (bicyclic) bond motifs is 1. The number of aliphatic hydroxyl groups excluding tert-OH is 2. The Morgan fingerprint density at radius 2 is 1.96 bits per heavy atom. The van der Waals surface area contributed by atoms with Crippen LogP contribution in [-0.4, -0.2) is 45.1 Å². The van der Waals surface area contributed by atoms with Crippen LogP contribution in [0.2, 0.25) is 0 Å². The fraction of sp³-hybridized carbons (Fsp3) is 0.333. The molecule has 0 radical (unpaired) electrons. The molecular formula is C15H16F2N2O5. The Morgan fingerprint density at radius 3 is 2.46 bits per heavy atom. The van der Waals surface area contributed by atoms with Crippen molar-refractivity contribution in [2.45, 2.75) is 19.5 Å². The summed E-state index contributed by atoms with van der Waals surface area (Å²) >= 11 is 0. The van der Waals surface area contributed by atoms with Gasteiger partial charge in [-0.3, -0.25) is 4.79 Å². The molecule has 1 aromatic carbocycles. The first kappa shape index (κ1) is 17.8. The number of nitrogens with zero attached hydrogens (tertiary/aromatic N) is 1. The van der Waals surface area contributed by atoms with Gasteiger partial charge in [0.25, 0.3) is 0 Å². The van der Waals surface area contributed by atoms with E-state index in [4.69, 9.17) is 15.3 Å². The van der Waals surface area contributed by atoms with Crippen LogP contribution in [0.4, 0.5) is 14.5 Å². The van der Waals surface area contributed by atoms with Crippen LogP contribution in [0.25, 0.3) is 10.9 Å². The zero-order chi connectivity index (χ0) is 18.0. The smallest absolute Gasteiger partial charge is 0.341 e. The number of nitrogens with one attached hydrogen (secondary N) is 1. The van der Waals surface area contributed by atoms with Gasteiger partial charge in [-0.1, -0.05) is 0 Å². The molecule has 24 heavy (non-hydrogen) atoms. The van der Waals surface area contributed by atoms with E-state index in [-0.39, 0.29) is 12.1 Å². The lowest BCUT2D eigenvalue weighted by atomic mass is 10.1. The molecule has 0 aliphatic rings. The molecule has 0 fully saturated rings. The maximum atomic E-state index is 14.8. The van der Waals surface area contributed by atoms with Gasteiger partial charge in [-0.05, 0) is 13.0 Å². The van der Waals surface area contributed by atoms with Crippen LogP contribution in [0.3, 0.4) is 0 Å². The molecule has 1 aromatic heterocycles. The first-order valence-electron chi connectivity index (χ1n) is 7.12. The number of aromatic carboxylic acids is 1. The SMILES string of the molecule is CCn1cc(C(=O)O)c(=O)c2cc(F)c(NC(CO)CO)c(F)c21. The highest BCUT2D eigenvalue weighted by atomic mass is 19.1. The van der Waals surface area contributed by atoms with Crippen LogP contribution in [0.5, 0.6) is 0 Å². The Hall–Kier alpha value is -2.52. The lowest BCUT2D eigenvalue weighted by Crippen LogP contribution is -2.29. The van der Waals surface area contributed by atoms with Gasteiger partial charge in [0.15, 0.2) is 5.82 Å². The van der Waals surface area contributed by atoms with E-state index in [1.54, 1.807) is 6.92 Å². The van der Waals surface area contributed by atoms with Crippen molar-refractivity contribution in [2.24, 2.45) is 0 Å². The summed E-state index contributed by atoms with van der Waals surface area (Å²) in [7, 11) is 0. The minimum Gasteiger partial charge on any atom is -0.477 e. The van der Waals surface area contributed by atoms with E-state index in [1.807, 2.05) is 0 Å². The molecule has 7 nitrogen and oxygen atoms in total. The van der Waals surface area contributed by atoms with Crippen molar-refractivity contribution in [3.63, 3.8) is 0 Å². The first-order valence-corrected chi connectivity index (χ1v) is 7.12. The van der Waals surface area contributed by atoms with E-state index in [2.05, 4.69) is 5.32 Å². The number of benzene rings is 1. The van der Waals surface area contributed by atoms with Crippen molar-refractivity contribution in [2.75, 3.05) is 18.5 Å². The van der Waals surface area contributed by atoms with Crippen LogP contribution < -0.4 is 10.7 Å². The van der Waals surface area contributed by atoms with Gasteiger partial charge in [0.1, 0.15) is 17.1 Å². The zero-order valence-electron chi connectivity index (χ0n) is 12.7. The normalized spacial score (nSPS) is 11.2. The zero-order valence-corrected chi connectivity index (χ0v) is 12.7. The number of carboxylic acids is 1. The van der Waals surface area contributed by atoms with Crippen LogP contribution in [0, 0.1) is 11.6 Å². The minimum absolute atomic E-state index is 0.141. The number of aromatic nitrogens is 1. The summed E-state index contributed by atoms with van der Waals surface area (Å²) in [5.74, 6) is -3.73. The second kappa shape index (κ2) is 6.93. The second-order valence-electron chi connectivity index (χ2n) is 5.11. The predicted molar refractivity (Wildman–Crippen MR) is 82.3 cm³/mol. The Balaban J connectivity index is 2.82. The molecular weight excluding hydrogens is 326 g/mol. The molecule has 4 N–H and O–H groups in total. The van der Waals surface area contributed by atoms with Gasteiger partial charge < -0.3 is 25.2 Å². The van der Waals surface area contributed by atoms with Gasteiger partial charge in [-0.25, -0.2) is 13.6 Å². The van der Waals surface area contributed by atoms with E-state index in [0.717, 1.165) is 12.3 Å². The van der Waals surface area contributed by atoms with E-state index in [0.29, 0.717) is 0 Å². The van der Waals surface area contributed by atoms with Gasteiger partial charge in [-0.15, -0.1) is 0 Å². The van der Waals surface area contributed by atoms with Gasteiger partial charge in [0.2, 0.25) is 5.43 Å². The molecule has 0 unspecified atom stereocenters. The van der Waals surface area contributed by atoms with Crippen LogP contribution in [0.15, 0.2) is 17.1 Å². The molecule has 9 heteroatoms. The molecule has 2 rings (SSSR count). The number of rotatable bonds is 6. The molecule has 1 heterocycles. The van der Waals surface area contributed by atoms with E-state index in [9.17, 15) is 18.4 Å². The van der Waals surface area contributed by atoms with Gasteiger partial charge in [0.05, 0.1) is 30.2 Å². The molecule has 130 valence electrons. The monoisotopic (exact) mass is 342 g/mol. The van der Waals surface area contributed by atoms with Crippen molar-refractivity contribution in [1.29, 1.82) is 0 Å². The average Bonchev–Trinajstić information content (AvgIpc) is 2.55. The number of aryl methyl sites for hydroxylation is 1. The molecule has 0 saturated carbocycles. The summed E-state index contributed by atoms with van der Waals surface area (Å²) in [6, 6.07) is -0.250. The topological polar surface area (TPSA) is 112 Å². The van der Waals surface area contributed by atoms with Crippen molar-refractivity contribution in [3.05, 3.63) is 39.7 Å². The molecule has 0 saturated heterocycles. The molecule has 0 aliphatic heterocycles. The lowest BCUT2D eigenvalue weighted by molar-refractivity contribution is 0.0694. The number of halogens is 2. The van der Waals surface area contributed by atoms with Gasteiger partial charge in [-0.2, -0.15) is 0 Å². The van der Waals surface area contributed by atoms with Crippen LogP contribution in [0.1, 0.15) is 17.3 Å². The predicted octanol–water partition coefficient (Wildman–Crippen LogP) is 0.763. The summed E-state index contributed by atoms with van der Waals surface area (Å²) < 4.78 is 30.1. The third kappa shape index (κ3) is 2.95. The Bertz CT molecular complexity index is 846.